The number of benzene rings is 1. The van der Waals surface area contributed by atoms with Crippen LogP contribution in [0.2, 0.25) is 0 Å². The molecule has 0 saturated heterocycles. The molecule has 6 nitrogen and oxygen atoms in total. The van der Waals surface area contributed by atoms with E-state index in [-0.39, 0.29) is 18.0 Å². The van der Waals surface area contributed by atoms with Crippen LogP contribution in [0.1, 0.15) is 22.9 Å². The molecule has 1 amide bonds. The quantitative estimate of drug-likeness (QED) is 0.724. The Labute approximate surface area is 156 Å². The minimum atomic E-state index is -0.240. The first-order valence-electron chi connectivity index (χ1n) is 8.53. The second-order valence-electron chi connectivity index (χ2n) is 6.21. The molecule has 2 aromatic heterocycles. The number of nitrogens with zero attached hydrogens (tertiary/aromatic N) is 3. The minimum absolute atomic E-state index is 0.206. The van der Waals surface area contributed by atoms with Gasteiger partial charge in [0, 0.05) is 11.4 Å². The van der Waals surface area contributed by atoms with Crippen molar-refractivity contribution in [2.75, 3.05) is 18.5 Å². The van der Waals surface area contributed by atoms with Gasteiger partial charge in [0.25, 0.3) is 11.5 Å². The first-order chi connectivity index (χ1) is 12.5. The molecule has 1 aromatic carbocycles. The number of hydrogen-bond donors (Lipinski definition) is 1. The molecule has 0 radical (unpaired) electrons. The Kier molecular flexibility index (Phi) is 5.49. The minimum Gasteiger partial charge on any atom is -0.290 e. The van der Waals surface area contributed by atoms with Crippen molar-refractivity contribution in [3.63, 3.8) is 0 Å². The van der Waals surface area contributed by atoms with Gasteiger partial charge in [-0.1, -0.05) is 37.3 Å². The van der Waals surface area contributed by atoms with Gasteiger partial charge in [-0.05, 0) is 31.5 Å². The van der Waals surface area contributed by atoms with Crippen molar-refractivity contribution in [1.82, 2.24) is 14.6 Å². The molecule has 26 heavy (non-hydrogen) atoms. The monoisotopic (exact) mass is 370 g/mol. The van der Waals surface area contributed by atoms with Crippen LogP contribution in [0.3, 0.4) is 0 Å². The van der Waals surface area contributed by atoms with E-state index in [4.69, 9.17) is 0 Å². The van der Waals surface area contributed by atoms with Crippen molar-refractivity contribution in [3.05, 3.63) is 63.0 Å². The third kappa shape index (κ3) is 3.84. The highest BCUT2D eigenvalue weighted by Crippen LogP contribution is 2.25. The number of thiophene rings is 1. The molecule has 0 aliphatic rings. The zero-order chi connectivity index (χ0) is 18.7. The predicted octanol–water partition coefficient (Wildman–Crippen LogP) is 2.67. The van der Waals surface area contributed by atoms with Crippen LogP contribution in [-0.4, -0.2) is 33.6 Å². The molecule has 7 heteroatoms. The molecule has 1 N–H and O–H groups in total. The lowest BCUT2D eigenvalue weighted by molar-refractivity contribution is -0.118. The molecule has 0 bridgehead atoms. The van der Waals surface area contributed by atoms with Gasteiger partial charge >= 0.3 is 0 Å². The van der Waals surface area contributed by atoms with Gasteiger partial charge in [-0.2, -0.15) is 0 Å². The van der Waals surface area contributed by atoms with Crippen LogP contribution in [0.4, 0.5) is 0 Å². The van der Waals surface area contributed by atoms with Crippen LogP contribution in [0.15, 0.2) is 41.5 Å². The van der Waals surface area contributed by atoms with E-state index >= 15 is 0 Å². The first kappa shape index (κ1) is 18.3. The highest BCUT2D eigenvalue weighted by atomic mass is 32.1. The fraction of sp³-hybridized carbons (Fsp3) is 0.316. The first-order valence-corrected chi connectivity index (χ1v) is 9.34. The molecule has 3 rings (SSSR count). The van der Waals surface area contributed by atoms with Crippen LogP contribution in [0.5, 0.6) is 0 Å². The average molecular weight is 370 g/mol. The fourth-order valence-electron chi connectivity index (χ4n) is 2.81. The third-order valence-corrected chi connectivity index (χ3v) is 5.51. The summed E-state index contributed by atoms with van der Waals surface area (Å²) < 4.78 is 1.18. The van der Waals surface area contributed by atoms with E-state index in [2.05, 4.69) is 10.4 Å². The number of carbonyl (C=O) groups excluding carboxylic acids is 1. The molecule has 2 heterocycles. The van der Waals surface area contributed by atoms with E-state index in [1.807, 2.05) is 56.0 Å². The van der Waals surface area contributed by atoms with E-state index in [1.165, 1.54) is 22.3 Å². The Morgan fingerprint density at radius 1 is 1.27 bits per heavy atom. The van der Waals surface area contributed by atoms with Crippen LogP contribution < -0.4 is 11.0 Å². The van der Waals surface area contributed by atoms with Gasteiger partial charge in [0.2, 0.25) is 0 Å². The summed E-state index contributed by atoms with van der Waals surface area (Å²) in [4.78, 5) is 33.1. The van der Waals surface area contributed by atoms with Gasteiger partial charge in [-0.25, -0.2) is 9.66 Å². The van der Waals surface area contributed by atoms with E-state index in [9.17, 15) is 9.59 Å². The van der Waals surface area contributed by atoms with Crippen molar-refractivity contribution in [1.29, 1.82) is 0 Å². The SMILES string of the molecule is CCN(CC(=O)Nn1cnc2sc(C)c(C)c2c1=O)Cc1ccccc1. The van der Waals surface area contributed by atoms with Crippen molar-refractivity contribution in [2.45, 2.75) is 27.3 Å². The molecule has 0 saturated carbocycles. The van der Waals surface area contributed by atoms with E-state index in [0.29, 0.717) is 16.8 Å². The summed E-state index contributed by atoms with van der Waals surface area (Å²) >= 11 is 1.49. The van der Waals surface area contributed by atoms with E-state index < -0.39 is 0 Å². The van der Waals surface area contributed by atoms with Crippen LogP contribution in [-0.2, 0) is 11.3 Å². The smallest absolute Gasteiger partial charge is 0.281 e. The largest absolute Gasteiger partial charge is 0.290 e. The van der Waals surface area contributed by atoms with Gasteiger partial charge in [0.05, 0.1) is 11.9 Å². The summed E-state index contributed by atoms with van der Waals surface area (Å²) in [5.41, 5.74) is 4.48. The summed E-state index contributed by atoms with van der Waals surface area (Å²) in [6.45, 7) is 7.50. The fourth-order valence-corrected chi connectivity index (χ4v) is 3.80. The lowest BCUT2D eigenvalue weighted by Gasteiger charge is -2.20. The lowest BCUT2D eigenvalue weighted by atomic mass is 10.2. The zero-order valence-electron chi connectivity index (χ0n) is 15.2. The number of amides is 1. The second kappa shape index (κ2) is 7.80. The van der Waals surface area contributed by atoms with Gasteiger partial charge in [-0.3, -0.25) is 19.9 Å². The van der Waals surface area contributed by atoms with Gasteiger partial charge in [-0.15, -0.1) is 11.3 Å². The molecule has 0 aliphatic heterocycles. The zero-order valence-corrected chi connectivity index (χ0v) is 16.0. The Balaban J connectivity index is 1.73. The Bertz CT molecular complexity index is 978. The van der Waals surface area contributed by atoms with E-state index in [1.54, 1.807) is 0 Å². The second-order valence-corrected chi connectivity index (χ2v) is 7.41. The molecule has 136 valence electrons. The van der Waals surface area contributed by atoms with Crippen LogP contribution >= 0.6 is 11.3 Å². The summed E-state index contributed by atoms with van der Waals surface area (Å²) in [7, 11) is 0. The summed E-state index contributed by atoms with van der Waals surface area (Å²) in [6.07, 6.45) is 1.38. The number of nitrogens with one attached hydrogen (secondary N) is 1. The maximum Gasteiger partial charge on any atom is 0.281 e. The summed E-state index contributed by atoms with van der Waals surface area (Å²) in [5, 5.41) is 0.576. The summed E-state index contributed by atoms with van der Waals surface area (Å²) in [5.74, 6) is -0.240. The van der Waals surface area contributed by atoms with Crippen molar-refractivity contribution in [2.24, 2.45) is 0 Å². The van der Waals surface area contributed by atoms with Crippen LogP contribution in [0, 0.1) is 13.8 Å². The maximum absolute atomic E-state index is 12.6. The third-order valence-electron chi connectivity index (χ3n) is 4.40. The van der Waals surface area contributed by atoms with Crippen molar-refractivity contribution >= 4 is 27.5 Å². The summed E-state index contributed by atoms with van der Waals surface area (Å²) in [6, 6.07) is 10.00. The number of fused-ring (bicyclic) bond motifs is 1. The molecule has 0 atom stereocenters. The molecule has 3 aromatic rings. The highest BCUT2D eigenvalue weighted by Gasteiger charge is 2.15. The van der Waals surface area contributed by atoms with Gasteiger partial charge in [0.15, 0.2) is 0 Å². The van der Waals surface area contributed by atoms with Crippen molar-refractivity contribution < 1.29 is 4.79 Å². The number of carbonyl (C=O) groups is 1. The van der Waals surface area contributed by atoms with Crippen molar-refractivity contribution in [3.8, 4) is 0 Å². The topological polar surface area (TPSA) is 67.2 Å². The van der Waals surface area contributed by atoms with Crippen LogP contribution in [0.25, 0.3) is 10.2 Å². The Morgan fingerprint density at radius 2 is 2.00 bits per heavy atom. The molecular formula is C19H22N4O2S. The molecule has 0 unspecified atom stereocenters. The van der Waals surface area contributed by atoms with E-state index in [0.717, 1.165) is 22.5 Å². The molecule has 0 aliphatic carbocycles. The standard InChI is InChI=1S/C19H22N4O2S/c1-4-22(10-15-8-6-5-7-9-15)11-16(24)21-23-12-20-18-17(19(23)25)13(2)14(3)26-18/h5-9,12H,4,10-11H2,1-3H3,(H,21,24). The molecular weight excluding hydrogens is 348 g/mol. The number of aromatic nitrogens is 2. The number of aryl methyl sites for hydroxylation is 2. The Morgan fingerprint density at radius 3 is 2.69 bits per heavy atom. The molecule has 0 spiro atoms. The van der Waals surface area contributed by atoms with Gasteiger partial charge < -0.3 is 0 Å². The Hall–Kier alpha value is -2.51. The highest BCUT2D eigenvalue weighted by molar-refractivity contribution is 7.18. The number of hydrogen-bond acceptors (Lipinski definition) is 5. The lowest BCUT2D eigenvalue weighted by Crippen LogP contribution is -2.39. The maximum atomic E-state index is 12.6. The normalized spacial score (nSPS) is 11.2. The number of likely N-dealkylation sites (N-methyl/N-ethyl adjacent to an activating group) is 1. The number of rotatable bonds is 6. The average Bonchev–Trinajstić information content (AvgIpc) is 2.92. The molecule has 0 fully saturated rings. The van der Waals surface area contributed by atoms with Gasteiger partial charge in [0.1, 0.15) is 11.2 Å². The predicted molar refractivity (Wildman–Crippen MR) is 105 cm³/mol.